The largest absolute Gasteiger partial charge is 0.444 e. The lowest BCUT2D eigenvalue weighted by Gasteiger charge is -2.16. The summed E-state index contributed by atoms with van der Waals surface area (Å²) in [6, 6.07) is 17.0. The van der Waals surface area contributed by atoms with Crippen molar-refractivity contribution in [2.45, 2.75) is 52.2 Å². The number of cyclic esters (lactones) is 1. The predicted octanol–water partition coefficient (Wildman–Crippen LogP) is 5.51. The summed E-state index contributed by atoms with van der Waals surface area (Å²) in [5, 5.41) is 2.62. The quantitative estimate of drug-likeness (QED) is 0.722. The first kappa shape index (κ1) is 22.0. The number of fused-ring (bicyclic) bond motifs is 1. The van der Waals surface area contributed by atoms with Gasteiger partial charge in [0.25, 0.3) is 0 Å². The number of unbranched alkanes of at least 4 members (excludes halogenated alkanes) is 1. The number of hydrogen-bond acceptors (Lipinski definition) is 3. The molecule has 4 nitrogen and oxygen atoms in total. The van der Waals surface area contributed by atoms with Gasteiger partial charge in [0.1, 0.15) is 6.10 Å². The second kappa shape index (κ2) is 12.3. The standard InChI is InChI=1S/C10H19NO2.C10H8.C2H6O/c1-4-5-6-9-7-11(8(2)3)10(12)13-9;1-2-6-10-8-4-3-7-9(10)5-1;1-3-2/h8-9H,4-7H2,1-3H3;1-8H;1-2H3. The Morgan fingerprint density at radius 2 is 1.54 bits per heavy atom. The minimum atomic E-state index is -0.142. The maximum Gasteiger partial charge on any atom is 0.410 e. The molecule has 144 valence electrons. The van der Waals surface area contributed by atoms with Crippen molar-refractivity contribution in [3.8, 4) is 0 Å². The maximum atomic E-state index is 11.3. The summed E-state index contributed by atoms with van der Waals surface area (Å²) >= 11 is 0. The fraction of sp³-hybridized carbons (Fsp3) is 0.500. The van der Waals surface area contributed by atoms with E-state index in [9.17, 15) is 4.79 Å². The van der Waals surface area contributed by atoms with E-state index in [-0.39, 0.29) is 18.2 Å². The van der Waals surface area contributed by atoms with Crippen LogP contribution in [-0.2, 0) is 9.47 Å². The number of rotatable bonds is 4. The van der Waals surface area contributed by atoms with Crippen LogP contribution in [0.25, 0.3) is 10.8 Å². The Morgan fingerprint density at radius 1 is 1.08 bits per heavy atom. The molecular formula is C22H33NO3. The fourth-order valence-electron chi connectivity index (χ4n) is 2.68. The van der Waals surface area contributed by atoms with Crippen LogP contribution in [0, 0.1) is 0 Å². The van der Waals surface area contributed by atoms with E-state index in [4.69, 9.17) is 4.74 Å². The number of benzene rings is 2. The van der Waals surface area contributed by atoms with E-state index in [1.165, 1.54) is 10.8 Å². The van der Waals surface area contributed by atoms with Crippen molar-refractivity contribution in [3.63, 3.8) is 0 Å². The highest BCUT2D eigenvalue weighted by molar-refractivity contribution is 5.82. The van der Waals surface area contributed by atoms with Gasteiger partial charge in [-0.3, -0.25) is 0 Å². The molecule has 0 N–H and O–H groups in total. The van der Waals surface area contributed by atoms with Gasteiger partial charge in [-0.15, -0.1) is 0 Å². The zero-order valence-corrected chi connectivity index (χ0v) is 16.8. The van der Waals surface area contributed by atoms with Gasteiger partial charge in [-0.05, 0) is 37.5 Å². The Labute approximate surface area is 158 Å². The number of nitrogens with zero attached hydrogens (tertiary/aromatic N) is 1. The molecule has 1 heterocycles. The minimum absolute atomic E-state index is 0.134. The van der Waals surface area contributed by atoms with Crippen LogP contribution in [-0.4, -0.2) is 43.9 Å². The van der Waals surface area contributed by atoms with E-state index >= 15 is 0 Å². The number of ether oxygens (including phenoxy) is 2. The summed E-state index contributed by atoms with van der Waals surface area (Å²) in [7, 11) is 3.25. The molecule has 1 amide bonds. The molecule has 0 spiro atoms. The van der Waals surface area contributed by atoms with Gasteiger partial charge in [-0.1, -0.05) is 61.9 Å². The summed E-state index contributed by atoms with van der Waals surface area (Å²) in [5.74, 6) is 0. The van der Waals surface area contributed by atoms with Crippen molar-refractivity contribution in [2.75, 3.05) is 20.8 Å². The van der Waals surface area contributed by atoms with Crippen LogP contribution >= 0.6 is 0 Å². The first-order valence-corrected chi connectivity index (χ1v) is 9.34. The maximum absolute atomic E-state index is 11.3. The number of carbonyl (C=O) groups excluding carboxylic acids is 1. The van der Waals surface area contributed by atoms with Crippen molar-refractivity contribution >= 4 is 16.9 Å². The molecule has 1 unspecified atom stereocenters. The molecule has 1 saturated heterocycles. The van der Waals surface area contributed by atoms with E-state index in [2.05, 4.69) is 60.2 Å². The Morgan fingerprint density at radius 3 is 1.88 bits per heavy atom. The van der Waals surface area contributed by atoms with E-state index in [1.807, 2.05) is 13.8 Å². The lowest BCUT2D eigenvalue weighted by atomic mass is 10.1. The first-order valence-electron chi connectivity index (χ1n) is 9.34. The van der Waals surface area contributed by atoms with Crippen molar-refractivity contribution < 1.29 is 14.3 Å². The van der Waals surface area contributed by atoms with Gasteiger partial charge in [0.05, 0.1) is 6.54 Å². The van der Waals surface area contributed by atoms with Gasteiger partial charge in [0.15, 0.2) is 0 Å². The normalized spacial score (nSPS) is 15.8. The Hall–Kier alpha value is -2.07. The molecule has 1 aliphatic rings. The number of hydrogen-bond donors (Lipinski definition) is 0. The zero-order chi connectivity index (χ0) is 19.4. The second-order valence-corrected chi connectivity index (χ2v) is 6.65. The molecular weight excluding hydrogens is 326 g/mol. The Kier molecular flexibility index (Phi) is 10.4. The van der Waals surface area contributed by atoms with Gasteiger partial charge in [-0.25, -0.2) is 4.79 Å². The monoisotopic (exact) mass is 359 g/mol. The Bertz CT molecular complexity index is 577. The summed E-state index contributed by atoms with van der Waals surface area (Å²) in [5.41, 5.74) is 0. The van der Waals surface area contributed by atoms with Gasteiger partial charge in [0, 0.05) is 20.3 Å². The molecule has 0 aromatic heterocycles. The average molecular weight is 360 g/mol. The second-order valence-electron chi connectivity index (χ2n) is 6.65. The van der Waals surface area contributed by atoms with Gasteiger partial charge in [0.2, 0.25) is 0 Å². The van der Waals surface area contributed by atoms with Crippen LogP contribution in [0.15, 0.2) is 48.5 Å². The number of carbonyl (C=O) groups is 1. The molecule has 2 aromatic rings. The molecule has 3 rings (SSSR count). The molecule has 2 aromatic carbocycles. The highest BCUT2D eigenvalue weighted by atomic mass is 16.6. The van der Waals surface area contributed by atoms with Gasteiger partial charge in [-0.2, -0.15) is 0 Å². The van der Waals surface area contributed by atoms with Crippen LogP contribution in [0.3, 0.4) is 0 Å². The molecule has 1 fully saturated rings. The zero-order valence-electron chi connectivity index (χ0n) is 16.8. The molecule has 1 aliphatic heterocycles. The molecule has 0 radical (unpaired) electrons. The highest BCUT2D eigenvalue weighted by Gasteiger charge is 2.31. The molecule has 26 heavy (non-hydrogen) atoms. The van der Waals surface area contributed by atoms with Gasteiger partial charge < -0.3 is 14.4 Å². The summed E-state index contributed by atoms with van der Waals surface area (Å²) in [6.45, 7) is 6.96. The van der Waals surface area contributed by atoms with Crippen LogP contribution < -0.4 is 0 Å². The molecule has 0 bridgehead atoms. The average Bonchev–Trinajstić information content (AvgIpc) is 3.02. The molecule has 1 atom stereocenters. The minimum Gasteiger partial charge on any atom is -0.444 e. The van der Waals surface area contributed by atoms with Crippen LogP contribution in [0.4, 0.5) is 4.79 Å². The van der Waals surface area contributed by atoms with Crippen molar-refractivity contribution in [1.29, 1.82) is 0 Å². The summed E-state index contributed by atoms with van der Waals surface area (Å²) < 4.78 is 9.47. The molecule has 0 saturated carbocycles. The van der Waals surface area contributed by atoms with Crippen LogP contribution in [0.5, 0.6) is 0 Å². The third kappa shape index (κ3) is 7.44. The van der Waals surface area contributed by atoms with E-state index in [0.29, 0.717) is 0 Å². The van der Waals surface area contributed by atoms with Crippen molar-refractivity contribution in [2.24, 2.45) is 0 Å². The SMILES string of the molecule is CCCCC1CN(C(C)C)C(=O)O1.COC.c1ccc2ccccc2c1. The lowest BCUT2D eigenvalue weighted by molar-refractivity contribution is 0.125. The van der Waals surface area contributed by atoms with Crippen molar-refractivity contribution in [3.05, 3.63) is 48.5 Å². The number of amides is 1. The smallest absolute Gasteiger partial charge is 0.410 e. The van der Waals surface area contributed by atoms with Crippen LogP contribution in [0.2, 0.25) is 0 Å². The highest BCUT2D eigenvalue weighted by Crippen LogP contribution is 2.18. The summed E-state index contributed by atoms with van der Waals surface area (Å²) in [6.07, 6.45) is 3.30. The van der Waals surface area contributed by atoms with E-state index < -0.39 is 0 Å². The summed E-state index contributed by atoms with van der Waals surface area (Å²) in [4.78, 5) is 13.1. The van der Waals surface area contributed by atoms with E-state index in [1.54, 1.807) is 19.1 Å². The molecule has 0 aliphatic carbocycles. The molecule has 4 heteroatoms. The van der Waals surface area contributed by atoms with E-state index in [0.717, 1.165) is 25.8 Å². The number of methoxy groups -OCH3 is 1. The Balaban J connectivity index is 0.000000231. The topological polar surface area (TPSA) is 38.8 Å². The third-order valence-electron chi connectivity index (χ3n) is 4.06. The lowest BCUT2D eigenvalue weighted by Crippen LogP contribution is -2.31. The van der Waals surface area contributed by atoms with Gasteiger partial charge >= 0.3 is 6.09 Å². The predicted molar refractivity (Wildman–Crippen MR) is 109 cm³/mol. The van der Waals surface area contributed by atoms with Crippen LogP contribution in [0.1, 0.15) is 40.0 Å². The fourth-order valence-corrected chi connectivity index (χ4v) is 2.68. The van der Waals surface area contributed by atoms with Crippen molar-refractivity contribution in [1.82, 2.24) is 4.90 Å². The third-order valence-corrected chi connectivity index (χ3v) is 4.06. The first-order chi connectivity index (χ1) is 12.5.